The molecule has 1 unspecified atom stereocenters. The quantitative estimate of drug-likeness (QED) is 0.319. The molecular weight excluding hydrogens is 550 g/mol. The van der Waals surface area contributed by atoms with Gasteiger partial charge in [-0.15, -0.1) is 11.3 Å². The minimum atomic E-state index is -0.714. The maximum atomic E-state index is 13.4. The fourth-order valence-corrected chi connectivity index (χ4v) is 7.28. The molecule has 0 aliphatic carbocycles. The average Bonchev–Trinajstić information content (AvgIpc) is 3.58. The number of benzene rings is 3. The molecule has 212 valence electrons. The van der Waals surface area contributed by atoms with Crippen LogP contribution in [0.15, 0.2) is 66.9 Å². The zero-order chi connectivity index (χ0) is 28.8. The summed E-state index contributed by atoms with van der Waals surface area (Å²) < 4.78 is 0. The van der Waals surface area contributed by atoms with Crippen LogP contribution in [0, 0.1) is 0 Å². The average molecular weight is 580 g/mol. The summed E-state index contributed by atoms with van der Waals surface area (Å²) in [5, 5.41) is 9.51. The molecule has 2 saturated heterocycles. The third kappa shape index (κ3) is 4.71. The smallest absolute Gasteiger partial charge is 0.259 e. The number of rotatable bonds is 6. The van der Waals surface area contributed by atoms with Crippen LogP contribution in [0.5, 0.6) is 0 Å². The molecular formula is C32H29N5O4S. The van der Waals surface area contributed by atoms with Crippen LogP contribution in [-0.2, 0) is 20.8 Å². The van der Waals surface area contributed by atoms with Crippen molar-refractivity contribution in [2.75, 3.05) is 23.3 Å². The van der Waals surface area contributed by atoms with Crippen LogP contribution in [-0.4, -0.2) is 52.6 Å². The normalized spacial score (nSPS) is 19.0. The first kappa shape index (κ1) is 26.3. The molecule has 4 aromatic rings. The van der Waals surface area contributed by atoms with Gasteiger partial charge in [0.1, 0.15) is 11.0 Å². The standard InChI is InChI=1S/C32H29N5O4S/c38-26-12-11-25(30(40)35-26)37-24-10-9-23(21-7-4-8-22(29(21)24)32(37)41)34-27-18-33-31(42-27)20-13-15-36(16-14-20)28(39)17-19-5-2-1-3-6-19/h1-10,18,20,25,34H,11-17H2,(H,35,38,40). The Balaban J connectivity index is 1.05. The van der Waals surface area contributed by atoms with E-state index in [9.17, 15) is 19.2 Å². The van der Waals surface area contributed by atoms with Crippen molar-refractivity contribution in [3.63, 3.8) is 0 Å². The van der Waals surface area contributed by atoms with Crippen molar-refractivity contribution >= 4 is 62.1 Å². The molecule has 0 bridgehead atoms. The molecule has 1 atom stereocenters. The Labute approximate surface area is 246 Å². The molecule has 10 heteroatoms. The maximum Gasteiger partial charge on any atom is 0.259 e. The van der Waals surface area contributed by atoms with Crippen LogP contribution in [0.3, 0.4) is 0 Å². The zero-order valence-electron chi connectivity index (χ0n) is 22.8. The summed E-state index contributed by atoms with van der Waals surface area (Å²) in [5.74, 6) is -0.500. The van der Waals surface area contributed by atoms with Gasteiger partial charge in [0.2, 0.25) is 17.7 Å². The predicted octanol–water partition coefficient (Wildman–Crippen LogP) is 4.75. The summed E-state index contributed by atoms with van der Waals surface area (Å²) in [7, 11) is 0. The highest BCUT2D eigenvalue weighted by Gasteiger charge is 2.41. The van der Waals surface area contributed by atoms with Gasteiger partial charge in [0, 0.05) is 47.5 Å². The number of nitrogens with one attached hydrogen (secondary N) is 2. The molecule has 7 rings (SSSR count). The molecule has 2 N–H and O–H groups in total. The molecule has 1 aromatic heterocycles. The fourth-order valence-electron chi connectivity index (χ4n) is 6.28. The number of likely N-dealkylation sites (tertiary alicyclic amines) is 1. The summed E-state index contributed by atoms with van der Waals surface area (Å²) in [5.41, 5.74) is 3.13. The number of hydrogen-bond acceptors (Lipinski definition) is 7. The topological polar surface area (TPSA) is 112 Å². The van der Waals surface area contributed by atoms with Gasteiger partial charge in [-0.25, -0.2) is 4.98 Å². The number of carbonyl (C=O) groups is 4. The highest BCUT2D eigenvalue weighted by molar-refractivity contribution is 7.15. The number of amides is 4. The highest BCUT2D eigenvalue weighted by atomic mass is 32.1. The second kappa shape index (κ2) is 10.7. The molecule has 3 aliphatic heterocycles. The molecule has 3 aromatic carbocycles. The van der Waals surface area contributed by atoms with E-state index in [0.717, 1.165) is 58.0 Å². The van der Waals surface area contributed by atoms with Gasteiger partial charge in [-0.05, 0) is 43.0 Å². The number of anilines is 3. The first-order valence-electron chi connectivity index (χ1n) is 14.2. The lowest BCUT2D eigenvalue weighted by Crippen LogP contribution is -2.53. The van der Waals surface area contributed by atoms with Crippen molar-refractivity contribution in [3.05, 3.63) is 83.0 Å². The number of hydrogen-bond donors (Lipinski definition) is 2. The minimum Gasteiger partial charge on any atom is -0.345 e. The Kier molecular flexibility index (Phi) is 6.70. The molecule has 9 nitrogen and oxygen atoms in total. The Morgan fingerprint density at radius 3 is 2.57 bits per heavy atom. The summed E-state index contributed by atoms with van der Waals surface area (Å²) >= 11 is 1.62. The van der Waals surface area contributed by atoms with E-state index >= 15 is 0 Å². The van der Waals surface area contributed by atoms with E-state index in [4.69, 9.17) is 4.98 Å². The lowest BCUT2D eigenvalue weighted by Gasteiger charge is -2.31. The fraction of sp³-hybridized carbons (Fsp3) is 0.281. The Morgan fingerprint density at radius 1 is 0.976 bits per heavy atom. The van der Waals surface area contributed by atoms with E-state index in [-0.39, 0.29) is 24.1 Å². The third-order valence-corrected chi connectivity index (χ3v) is 9.50. The number of thiazole rings is 1. The second-order valence-electron chi connectivity index (χ2n) is 11.0. The molecule has 4 amide bonds. The van der Waals surface area contributed by atoms with Crippen molar-refractivity contribution in [1.82, 2.24) is 15.2 Å². The van der Waals surface area contributed by atoms with Crippen LogP contribution in [0.4, 0.5) is 16.4 Å². The maximum absolute atomic E-state index is 13.4. The molecule has 42 heavy (non-hydrogen) atoms. The Bertz CT molecular complexity index is 1730. The highest BCUT2D eigenvalue weighted by Crippen LogP contribution is 2.43. The third-order valence-electron chi connectivity index (χ3n) is 8.43. The monoisotopic (exact) mass is 579 g/mol. The largest absolute Gasteiger partial charge is 0.345 e. The van der Waals surface area contributed by atoms with Gasteiger partial charge >= 0.3 is 0 Å². The van der Waals surface area contributed by atoms with Gasteiger partial charge in [0.25, 0.3) is 5.91 Å². The molecule has 4 heterocycles. The van der Waals surface area contributed by atoms with Gasteiger partial charge in [-0.3, -0.25) is 29.4 Å². The Hall–Kier alpha value is -4.57. The van der Waals surface area contributed by atoms with Crippen LogP contribution >= 0.6 is 11.3 Å². The molecule has 0 radical (unpaired) electrons. The van der Waals surface area contributed by atoms with E-state index in [1.807, 2.05) is 65.7 Å². The molecule has 0 saturated carbocycles. The van der Waals surface area contributed by atoms with Gasteiger partial charge in [-0.1, -0.05) is 42.5 Å². The van der Waals surface area contributed by atoms with Crippen LogP contribution in [0.2, 0.25) is 0 Å². The number of nitrogens with zero attached hydrogens (tertiary/aromatic N) is 3. The van der Waals surface area contributed by atoms with Crippen LogP contribution in [0.1, 0.15) is 52.5 Å². The lowest BCUT2D eigenvalue weighted by molar-refractivity contribution is -0.134. The first-order valence-corrected chi connectivity index (χ1v) is 15.1. The molecule has 2 fully saturated rings. The van der Waals surface area contributed by atoms with Crippen molar-refractivity contribution in [2.45, 2.75) is 44.1 Å². The Morgan fingerprint density at radius 2 is 1.79 bits per heavy atom. The predicted molar refractivity (Wildman–Crippen MR) is 161 cm³/mol. The van der Waals surface area contributed by atoms with E-state index in [1.54, 1.807) is 17.4 Å². The van der Waals surface area contributed by atoms with Gasteiger partial charge < -0.3 is 10.2 Å². The van der Waals surface area contributed by atoms with E-state index in [1.165, 1.54) is 4.90 Å². The number of piperidine rings is 2. The first-order chi connectivity index (χ1) is 20.5. The van der Waals surface area contributed by atoms with Crippen molar-refractivity contribution in [3.8, 4) is 0 Å². The van der Waals surface area contributed by atoms with Gasteiger partial charge in [-0.2, -0.15) is 0 Å². The second-order valence-corrected chi connectivity index (χ2v) is 12.1. The SMILES string of the molecule is O=C1CCC(N2C(=O)c3cccc4c(Nc5cnc(C6CCN(C(=O)Cc7ccccc7)CC6)s5)ccc2c34)C(=O)N1. The lowest BCUT2D eigenvalue weighted by atomic mass is 9.97. The summed E-state index contributed by atoms with van der Waals surface area (Å²) in [6.45, 7) is 1.45. The summed E-state index contributed by atoms with van der Waals surface area (Å²) in [6.07, 6.45) is 4.55. The van der Waals surface area contributed by atoms with Crippen LogP contribution < -0.4 is 15.5 Å². The van der Waals surface area contributed by atoms with Crippen molar-refractivity contribution < 1.29 is 19.2 Å². The van der Waals surface area contributed by atoms with E-state index < -0.39 is 11.9 Å². The zero-order valence-corrected chi connectivity index (χ0v) is 23.7. The number of imide groups is 1. The number of carbonyl (C=O) groups excluding carboxylic acids is 4. The van der Waals surface area contributed by atoms with Gasteiger partial charge in [0.05, 0.1) is 23.3 Å². The van der Waals surface area contributed by atoms with E-state index in [2.05, 4.69) is 10.6 Å². The van der Waals surface area contributed by atoms with Crippen molar-refractivity contribution in [2.24, 2.45) is 0 Å². The molecule has 0 spiro atoms. The number of aromatic nitrogens is 1. The molecule has 3 aliphatic rings. The minimum absolute atomic E-state index is 0.169. The van der Waals surface area contributed by atoms with Gasteiger partial charge in [0.15, 0.2) is 0 Å². The van der Waals surface area contributed by atoms with E-state index in [0.29, 0.717) is 30.0 Å². The summed E-state index contributed by atoms with van der Waals surface area (Å²) in [6, 6.07) is 18.5. The van der Waals surface area contributed by atoms with Crippen LogP contribution in [0.25, 0.3) is 10.8 Å². The van der Waals surface area contributed by atoms with Crippen molar-refractivity contribution in [1.29, 1.82) is 0 Å². The summed E-state index contributed by atoms with van der Waals surface area (Å²) in [4.78, 5) is 58.7.